The fourth-order valence-corrected chi connectivity index (χ4v) is 3.31. The Hall–Kier alpha value is -3.13. The predicted octanol–water partition coefficient (Wildman–Crippen LogP) is 2.91. The number of fused-ring (bicyclic) bond motifs is 2. The molecule has 0 saturated heterocycles. The Labute approximate surface area is 159 Å². The molecule has 1 N–H and O–H groups in total. The van der Waals surface area contributed by atoms with Gasteiger partial charge in [0.1, 0.15) is 11.7 Å². The third-order valence-electron chi connectivity index (χ3n) is 4.17. The van der Waals surface area contributed by atoms with Crippen molar-refractivity contribution in [3.05, 3.63) is 59.0 Å². The van der Waals surface area contributed by atoms with Crippen molar-refractivity contribution in [1.82, 2.24) is 29.4 Å². The number of hydrogen-bond donors (Lipinski definition) is 1. The summed E-state index contributed by atoms with van der Waals surface area (Å²) in [5.74, 6) is 0. The molecule has 0 aliphatic heterocycles. The molecule has 0 radical (unpaired) electrons. The van der Waals surface area contributed by atoms with Crippen LogP contribution in [0.3, 0.4) is 0 Å². The van der Waals surface area contributed by atoms with Gasteiger partial charge in [-0.05, 0) is 30.5 Å². The standard InChI is InChI=1S/C19H18N6OS/c1-24(2)10-8-14-16-17(23-19(22-14)27-3)25(11-21-18(16)26)15-6-4-5-13-12(15)7-9-20-13/h4-11,20H,1-3H3. The molecule has 0 spiro atoms. The van der Waals surface area contributed by atoms with Gasteiger partial charge in [0.15, 0.2) is 10.8 Å². The first kappa shape index (κ1) is 17.3. The Morgan fingerprint density at radius 1 is 1.22 bits per heavy atom. The second-order valence-electron chi connectivity index (χ2n) is 6.21. The molecular weight excluding hydrogens is 360 g/mol. The zero-order chi connectivity index (χ0) is 19.0. The molecular formula is C19H18N6OS. The number of hydrogen-bond acceptors (Lipinski definition) is 6. The Morgan fingerprint density at radius 2 is 2.07 bits per heavy atom. The smallest absolute Gasteiger partial charge is 0.284 e. The minimum absolute atomic E-state index is 0.339. The lowest BCUT2D eigenvalue weighted by atomic mass is 10.2. The third-order valence-corrected chi connectivity index (χ3v) is 4.72. The second kappa shape index (κ2) is 6.88. The Kier molecular flexibility index (Phi) is 4.41. The molecule has 0 saturated carbocycles. The molecule has 0 amide bonds. The molecule has 1 aromatic carbocycles. The van der Waals surface area contributed by atoms with Gasteiger partial charge in [-0.3, -0.25) is 9.36 Å². The maximum atomic E-state index is 12.6. The summed E-state index contributed by atoms with van der Waals surface area (Å²) < 4.78 is 1.85. The third kappa shape index (κ3) is 3.08. The number of nitrogens with zero attached hydrogens (tertiary/aromatic N) is 5. The van der Waals surface area contributed by atoms with Crippen molar-refractivity contribution in [2.75, 3.05) is 20.4 Å². The van der Waals surface area contributed by atoms with E-state index in [9.17, 15) is 4.79 Å². The van der Waals surface area contributed by atoms with Gasteiger partial charge < -0.3 is 9.88 Å². The van der Waals surface area contributed by atoms with E-state index >= 15 is 0 Å². The van der Waals surface area contributed by atoms with Crippen LogP contribution in [0.25, 0.3) is 33.7 Å². The molecule has 3 aromatic heterocycles. The first-order chi connectivity index (χ1) is 13.1. The molecule has 7 nitrogen and oxygen atoms in total. The highest BCUT2D eigenvalue weighted by Gasteiger charge is 2.15. The van der Waals surface area contributed by atoms with E-state index in [4.69, 9.17) is 0 Å². The molecule has 136 valence electrons. The number of rotatable bonds is 4. The molecule has 8 heteroatoms. The van der Waals surface area contributed by atoms with Crippen LogP contribution in [0, 0.1) is 0 Å². The molecule has 0 fully saturated rings. The summed E-state index contributed by atoms with van der Waals surface area (Å²) in [6, 6.07) is 7.95. The summed E-state index contributed by atoms with van der Waals surface area (Å²) in [5, 5.41) is 2.03. The molecule has 0 aliphatic carbocycles. The van der Waals surface area contributed by atoms with E-state index in [0.717, 1.165) is 16.6 Å². The van der Waals surface area contributed by atoms with Gasteiger partial charge >= 0.3 is 0 Å². The van der Waals surface area contributed by atoms with Crippen molar-refractivity contribution in [1.29, 1.82) is 0 Å². The molecule has 4 rings (SSSR count). The average Bonchev–Trinajstić information content (AvgIpc) is 3.15. The van der Waals surface area contributed by atoms with E-state index in [-0.39, 0.29) is 5.56 Å². The number of aromatic nitrogens is 5. The largest absolute Gasteiger partial charge is 0.383 e. The Balaban J connectivity index is 2.09. The summed E-state index contributed by atoms with van der Waals surface area (Å²) in [5.41, 5.74) is 2.67. The van der Waals surface area contributed by atoms with Gasteiger partial charge in [-0.25, -0.2) is 9.97 Å². The van der Waals surface area contributed by atoms with Crippen molar-refractivity contribution in [3.63, 3.8) is 0 Å². The van der Waals surface area contributed by atoms with Gasteiger partial charge in [-0.15, -0.1) is 0 Å². The van der Waals surface area contributed by atoms with Crippen molar-refractivity contribution in [2.45, 2.75) is 5.16 Å². The van der Waals surface area contributed by atoms with Crippen molar-refractivity contribution in [3.8, 4) is 5.69 Å². The summed E-state index contributed by atoms with van der Waals surface area (Å²) in [6.45, 7) is 0. The lowest BCUT2D eigenvalue weighted by Crippen LogP contribution is -2.15. The van der Waals surface area contributed by atoms with Crippen LogP contribution in [0.4, 0.5) is 0 Å². The van der Waals surface area contributed by atoms with Crippen LogP contribution >= 0.6 is 11.8 Å². The average molecular weight is 378 g/mol. The maximum absolute atomic E-state index is 12.6. The number of aromatic amines is 1. The minimum atomic E-state index is -0.339. The highest BCUT2D eigenvalue weighted by Crippen LogP contribution is 2.25. The van der Waals surface area contributed by atoms with Gasteiger partial charge in [0, 0.05) is 37.4 Å². The van der Waals surface area contributed by atoms with Gasteiger partial charge in [0.25, 0.3) is 5.56 Å². The van der Waals surface area contributed by atoms with Crippen molar-refractivity contribution in [2.24, 2.45) is 0 Å². The monoisotopic (exact) mass is 378 g/mol. The van der Waals surface area contributed by atoms with E-state index in [2.05, 4.69) is 19.9 Å². The summed E-state index contributed by atoms with van der Waals surface area (Å²) in [6.07, 6.45) is 9.00. The van der Waals surface area contributed by atoms with Gasteiger partial charge in [-0.1, -0.05) is 17.8 Å². The number of benzene rings is 1. The zero-order valence-electron chi connectivity index (χ0n) is 15.2. The van der Waals surface area contributed by atoms with E-state index in [1.165, 1.54) is 18.1 Å². The highest BCUT2D eigenvalue weighted by atomic mass is 32.2. The van der Waals surface area contributed by atoms with Gasteiger partial charge in [-0.2, -0.15) is 4.98 Å². The zero-order valence-corrected chi connectivity index (χ0v) is 16.0. The van der Waals surface area contributed by atoms with Crippen LogP contribution in [-0.2, 0) is 0 Å². The molecule has 0 unspecified atom stereocenters. The molecule has 3 heterocycles. The van der Waals surface area contributed by atoms with E-state index < -0.39 is 0 Å². The first-order valence-corrected chi connectivity index (χ1v) is 9.55. The van der Waals surface area contributed by atoms with Crippen LogP contribution in [0.1, 0.15) is 5.69 Å². The minimum Gasteiger partial charge on any atom is -0.383 e. The quantitative estimate of drug-likeness (QED) is 0.434. The summed E-state index contributed by atoms with van der Waals surface area (Å²) >= 11 is 1.44. The Bertz CT molecular complexity index is 1220. The molecule has 4 aromatic rings. The lowest BCUT2D eigenvalue weighted by Gasteiger charge is -2.12. The fourth-order valence-electron chi connectivity index (χ4n) is 2.94. The summed E-state index contributed by atoms with van der Waals surface area (Å²) in [4.78, 5) is 30.9. The topological polar surface area (TPSA) is 79.7 Å². The fraction of sp³-hybridized carbons (Fsp3) is 0.158. The van der Waals surface area contributed by atoms with Crippen LogP contribution in [0.15, 0.2) is 52.9 Å². The number of thioether (sulfide) groups is 1. The summed E-state index contributed by atoms with van der Waals surface area (Å²) in [7, 11) is 3.83. The molecule has 0 atom stereocenters. The maximum Gasteiger partial charge on any atom is 0.284 e. The van der Waals surface area contributed by atoms with E-state index in [1.807, 2.05) is 72.6 Å². The van der Waals surface area contributed by atoms with Crippen molar-refractivity contribution >= 4 is 39.8 Å². The van der Waals surface area contributed by atoms with Gasteiger partial charge in [0.05, 0.1) is 11.4 Å². The normalized spacial score (nSPS) is 11.7. The van der Waals surface area contributed by atoms with Crippen LogP contribution in [0.2, 0.25) is 0 Å². The Morgan fingerprint density at radius 3 is 2.85 bits per heavy atom. The SMILES string of the molecule is CSc1nc(C=CN(C)C)c2c(=O)ncn(-c3cccc4[nH]ccc34)c2n1. The number of H-pyrrole nitrogens is 1. The van der Waals surface area contributed by atoms with Crippen LogP contribution in [-0.4, -0.2) is 49.8 Å². The molecule has 27 heavy (non-hydrogen) atoms. The van der Waals surface area contributed by atoms with Gasteiger partial charge in [0.2, 0.25) is 0 Å². The molecule has 0 bridgehead atoms. The lowest BCUT2D eigenvalue weighted by molar-refractivity contribution is 0.567. The van der Waals surface area contributed by atoms with Crippen LogP contribution < -0.4 is 5.56 Å². The van der Waals surface area contributed by atoms with E-state index in [0.29, 0.717) is 21.9 Å². The van der Waals surface area contributed by atoms with Crippen LogP contribution in [0.5, 0.6) is 0 Å². The van der Waals surface area contributed by atoms with E-state index in [1.54, 1.807) is 0 Å². The highest BCUT2D eigenvalue weighted by molar-refractivity contribution is 7.98. The number of nitrogens with one attached hydrogen (secondary N) is 1. The second-order valence-corrected chi connectivity index (χ2v) is 6.98. The molecule has 0 aliphatic rings. The first-order valence-electron chi connectivity index (χ1n) is 8.33. The predicted molar refractivity (Wildman–Crippen MR) is 109 cm³/mol. The van der Waals surface area contributed by atoms with Crippen molar-refractivity contribution < 1.29 is 0 Å².